The fourth-order valence-corrected chi connectivity index (χ4v) is 2.10. The van der Waals surface area contributed by atoms with Crippen LogP contribution in [-0.4, -0.2) is 32.3 Å². The zero-order valence-corrected chi connectivity index (χ0v) is 14.9. The van der Waals surface area contributed by atoms with Crippen LogP contribution in [0.3, 0.4) is 0 Å². The van der Waals surface area contributed by atoms with E-state index in [1.807, 2.05) is 32.0 Å². The Balaban J connectivity index is 1.76. The Morgan fingerprint density at radius 3 is 2.76 bits per heavy atom. The van der Waals surface area contributed by atoms with Gasteiger partial charge in [-0.15, -0.1) is 0 Å². The van der Waals surface area contributed by atoms with Gasteiger partial charge in [-0.05, 0) is 44.5 Å². The molecule has 0 aliphatic carbocycles. The summed E-state index contributed by atoms with van der Waals surface area (Å²) in [6.07, 6.45) is 0.962. The van der Waals surface area contributed by atoms with Crippen molar-refractivity contribution in [3.05, 3.63) is 47.9 Å². The largest absolute Gasteiger partial charge is 0.497 e. The van der Waals surface area contributed by atoms with Crippen LogP contribution in [0.1, 0.15) is 36.6 Å². The molecule has 25 heavy (non-hydrogen) atoms. The maximum Gasteiger partial charge on any atom is 0.286 e. The number of hydrogen-bond acceptors (Lipinski definition) is 5. The van der Waals surface area contributed by atoms with Crippen LogP contribution in [0, 0.1) is 0 Å². The lowest BCUT2D eigenvalue weighted by Gasteiger charge is -2.07. The van der Waals surface area contributed by atoms with Gasteiger partial charge in [0.1, 0.15) is 23.9 Å². The molecule has 0 fully saturated rings. The summed E-state index contributed by atoms with van der Waals surface area (Å²) >= 11 is 0. The summed E-state index contributed by atoms with van der Waals surface area (Å²) in [5, 5.41) is 2.80. The van der Waals surface area contributed by atoms with Crippen molar-refractivity contribution in [1.29, 1.82) is 0 Å². The summed E-state index contributed by atoms with van der Waals surface area (Å²) in [6.45, 7) is 5.37. The lowest BCUT2D eigenvalue weighted by molar-refractivity contribution is 0.0753. The lowest BCUT2D eigenvalue weighted by atomic mass is 10.3. The van der Waals surface area contributed by atoms with Gasteiger partial charge in [0.05, 0.1) is 13.2 Å². The van der Waals surface area contributed by atoms with Crippen molar-refractivity contribution in [2.75, 3.05) is 20.3 Å². The molecule has 1 N–H and O–H groups in total. The molecule has 0 spiro atoms. The Labute approximate surface area is 148 Å². The number of methoxy groups -OCH3 is 1. The second-order valence-electron chi connectivity index (χ2n) is 5.76. The van der Waals surface area contributed by atoms with Crippen LogP contribution in [0.5, 0.6) is 11.5 Å². The van der Waals surface area contributed by atoms with Gasteiger partial charge in [-0.1, -0.05) is 6.07 Å². The van der Waals surface area contributed by atoms with E-state index in [2.05, 4.69) is 5.32 Å². The van der Waals surface area contributed by atoms with E-state index in [4.69, 9.17) is 18.6 Å². The molecule has 1 aromatic carbocycles. The minimum absolute atomic E-state index is 0.202. The second-order valence-corrected chi connectivity index (χ2v) is 5.76. The third kappa shape index (κ3) is 6.51. The molecule has 0 aliphatic heterocycles. The van der Waals surface area contributed by atoms with Gasteiger partial charge >= 0.3 is 0 Å². The smallest absolute Gasteiger partial charge is 0.286 e. The van der Waals surface area contributed by atoms with E-state index < -0.39 is 0 Å². The van der Waals surface area contributed by atoms with Gasteiger partial charge < -0.3 is 23.9 Å². The average Bonchev–Trinajstić information content (AvgIpc) is 3.08. The van der Waals surface area contributed by atoms with Gasteiger partial charge in [0.25, 0.3) is 5.91 Å². The predicted molar refractivity (Wildman–Crippen MR) is 94.1 cm³/mol. The lowest BCUT2D eigenvalue weighted by Crippen LogP contribution is -2.25. The van der Waals surface area contributed by atoms with Gasteiger partial charge in [0.2, 0.25) is 0 Å². The summed E-state index contributed by atoms with van der Waals surface area (Å²) in [6, 6.07) is 10.7. The van der Waals surface area contributed by atoms with Crippen LogP contribution in [-0.2, 0) is 11.3 Å². The molecular formula is C19H25NO5. The van der Waals surface area contributed by atoms with E-state index >= 15 is 0 Å². The molecule has 0 saturated carbocycles. The second kappa shape index (κ2) is 9.74. The first-order valence-electron chi connectivity index (χ1n) is 8.34. The van der Waals surface area contributed by atoms with E-state index in [0.29, 0.717) is 24.7 Å². The molecule has 2 aromatic rings. The first-order valence-corrected chi connectivity index (χ1v) is 8.34. The molecule has 1 aromatic heterocycles. The highest BCUT2D eigenvalue weighted by Crippen LogP contribution is 2.20. The fourth-order valence-electron chi connectivity index (χ4n) is 2.10. The summed E-state index contributed by atoms with van der Waals surface area (Å²) in [5.41, 5.74) is 0. The number of carbonyl (C=O) groups is 1. The quantitative estimate of drug-likeness (QED) is 0.667. The maximum absolute atomic E-state index is 12.0. The molecule has 1 heterocycles. The molecule has 136 valence electrons. The summed E-state index contributed by atoms with van der Waals surface area (Å²) < 4.78 is 21.7. The number of carbonyl (C=O) groups excluding carboxylic acids is 1. The van der Waals surface area contributed by atoms with Crippen LogP contribution in [0.15, 0.2) is 40.8 Å². The molecule has 0 atom stereocenters. The zero-order valence-electron chi connectivity index (χ0n) is 14.9. The number of furan rings is 1. The van der Waals surface area contributed by atoms with Crippen LogP contribution in [0.25, 0.3) is 0 Å². The van der Waals surface area contributed by atoms with Crippen molar-refractivity contribution in [1.82, 2.24) is 5.32 Å². The molecule has 6 nitrogen and oxygen atoms in total. The monoisotopic (exact) mass is 347 g/mol. The number of ether oxygens (including phenoxy) is 3. The Hall–Kier alpha value is -2.47. The summed E-state index contributed by atoms with van der Waals surface area (Å²) in [5.74, 6) is 2.01. The van der Waals surface area contributed by atoms with Crippen LogP contribution >= 0.6 is 0 Å². The van der Waals surface area contributed by atoms with E-state index in [0.717, 1.165) is 12.2 Å². The average molecular weight is 347 g/mol. The highest BCUT2D eigenvalue weighted by molar-refractivity contribution is 5.91. The van der Waals surface area contributed by atoms with Crippen molar-refractivity contribution in [3.8, 4) is 11.5 Å². The Morgan fingerprint density at radius 2 is 2.00 bits per heavy atom. The number of nitrogens with one attached hydrogen (secondary N) is 1. The predicted octanol–water partition coefficient (Wildman–Crippen LogP) is 3.41. The number of rotatable bonds is 10. The maximum atomic E-state index is 12.0. The third-order valence-electron chi connectivity index (χ3n) is 3.37. The summed E-state index contributed by atoms with van der Waals surface area (Å²) in [7, 11) is 1.60. The standard InChI is InChI=1S/C19H25NO5/c1-14(2)23-11-5-10-20-19(21)18-9-8-17(25-18)13-24-16-7-4-6-15(12-16)22-3/h4,6-9,12,14H,5,10-11,13H2,1-3H3,(H,20,21). The first kappa shape index (κ1) is 18.9. The molecule has 0 aliphatic rings. The number of benzene rings is 1. The molecule has 0 saturated heterocycles. The highest BCUT2D eigenvalue weighted by atomic mass is 16.5. The Kier molecular flexibility index (Phi) is 7.35. The SMILES string of the molecule is COc1cccc(OCc2ccc(C(=O)NCCCOC(C)C)o2)c1. The van der Waals surface area contributed by atoms with Crippen molar-refractivity contribution in [2.45, 2.75) is 33.0 Å². The molecule has 0 radical (unpaired) electrons. The molecular weight excluding hydrogens is 322 g/mol. The molecule has 2 rings (SSSR count). The van der Waals surface area contributed by atoms with Crippen molar-refractivity contribution in [2.24, 2.45) is 0 Å². The first-order chi connectivity index (χ1) is 12.1. The topological polar surface area (TPSA) is 69.9 Å². The number of amides is 1. The highest BCUT2D eigenvalue weighted by Gasteiger charge is 2.11. The minimum atomic E-state index is -0.239. The van der Waals surface area contributed by atoms with Crippen LogP contribution < -0.4 is 14.8 Å². The molecule has 0 bridgehead atoms. The van der Waals surface area contributed by atoms with E-state index in [1.165, 1.54) is 0 Å². The van der Waals surface area contributed by atoms with E-state index in [1.54, 1.807) is 25.3 Å². The van der Waals surface area contributed by atoms with Gasteiger partial charge in [-0.25, -0.2) is 0 Å². The normalized spacial score (nSPS) is 10.7. The summed E-state index contributed by atoms with van der Waals surface area (Å²) in [4.78, 5) is 12.0. The van der Waals surface area contributed by atoms with Gasteiger partial charge in [0, 0.05) is 19.2 Å². The van der Waals surface area contributed by atoms with Crippen molar-refractivity contribution >= 4 is 5.91 Å². The van der Waals surface area contributed by atoms with Crippen LogP contribution in [0.4, 0.5) is 0 Å². The van der Waals surface area contributed by atoms with E-state index in [-0.39, 0.29) is 24.4 Å². The fraction of sp³-hybridized carbons (Fsp3) is 0.421. The Bertz CT molecular complexity index is 665. The zero-order chi connectivity index (χ0) is 18.1. The third-order valence-corrected chi connectivity index (χ3v) is 3.37. The molecule has 1 amide bonds. The molecule has 0 unspecified atom stereocenters. The minimum Gasteiger partial charge on any atom is -0.497 e. The van der Waals surface area contributed by atoms with Crippen LogP contribution in [0.2, 0.25) is 0 Å². The molecule has 6 heteroatoms. The number of hydrogen-bond donors (Lipinski definition) is 1. The van der Waals surface area contributed by atoms with Gasteiger partial charge in [-0.3, -0.25) is 4.79 Å². The van der Waals surface area contributed by atoms with Gasteiger partial charge in [0.15, 0.2) is 5.76 Å². The van der Waals surface area contributed by atoms with Gasteiger partial charge in [-0.2, -0.15) is 0 Å². The van der Waals surface area contributed by atoms with Crippen molar-refractivity contribution < 1.29 is 23.4 Å². The Morgan fingerprint density at radius 1 is 1.20 bits per heavy atom. The van der Waals surface area contributed by atoms with E-state index in [9.17, 15) is 4.79 Å². The van der Waals surface area contributed by atoms with Crippen molar-refractivity contribution in [3.63, 3.8) is 0 Å².